The van der Waals surface area contributed by atoms with Crippen LogP contribution in [-0.4, -0.2) is 84.9 Å². The van der Waals surface area contributed by atoms with E-state index in [-0.39, 0.29) is 24.5 Å². The fourth-order valence-corrected chi connectivity index (χ4v) is 5.03. The third kappa shape index (κ3) is 4.25. The second kappa shape index (κ2) is 9.31. The maximum Gasteiger partial charge on any atom is 0.332 e. The van der Waals surface area contributed by atoms with Crippen molar-refractivity contribution in [2.45, 2.75) is 25.0 Å². The molecule has 3 aromatic rings. The number of hydrogen-bond acceptors (Lipinski definition) is 7. The number of likely N-dealkylation sites (tertiary alicyclic amines) is 2. The number of aryl methyl sites for hydroxylation is 1. The molecule has 4 heterocycles. The standard InChI is InChI=1S/C24H30N6O5/c1-26-21-20(23(33)27(2)24(26)34)25-15-30(21)18-13-29(14-19(18)31)22(32)16-5-7-17(8-6-16)35-12-11-28-9-3-4-10-28/h5-8,15,18-19,31H,3-4,9-14H2,1-2H3/t18-,19-/m1/s1. The molecule has 0 saturated carbocycles. The highest BCUT2D eigenvalue weighted by Crippen LogP contribution is 2.27. The number of aliphatic hydroxyl groups excluding tert-OH is 1. The topological polar surface area (TPSA) is 115 Å². The average Bonchev–Trinajstić information content (AvgIpc) is 3.61. The van der Waals surface area contributed by atoms with E-state index >= 15 is 0 Å². The lowest BCUT2D eigenvalue weighted by Gasteiger charge is -2.18. The van der Waals surface area contributed by atoms with Crippen molar-refractivity contribution in [1.29, 1.82) is 0 Å². The summed E-state index contributed by atoms with van der Waals surface area (Å²) in [6, 6.07) is 6.50. The Balaban J connectivity index is 1.28. The Labute approximate surface area is 201 Å². The van der Waals surface area contributed by atoms with Gasteiger partial charge in [-0.3, -0.25) is 23.6 Å². The van der Waals surface area contributed by atoms with Crippen molar-refractivity contribution in [3.8, 4) is 5.75 Å². The van der Waals surface area contributed by atoms with Crippen LogP contribution in [0.25, 0.3) is 11.2 Å². The molecular formula is C24H30N6O5. The number of hydrogen-bond donors (Lipinski definition) is 1. The van der Waals surface area contributed by atoms with Gasteiger partial charge in [-0.15, -0.1) is 0 Å². The van der Waals surface area contributed by atoms with Crippen molar-refractivity contribution >= 4 is 17.1 Å². The molecule has 0 aliphatic carbocycles. The summed E-state index contributed by atoms with van der Waals surface area (Å²) in [4.78, 5) is 46.1. The molecule has 2 aromatic heterocycles. The summed E-state index contributed by atoms with van der Waals surface area (Å²) in [6.07, 6.45) is 3.07. The molecule has 11 nitrogen and oxygen atoms in total. The zero-order valence-corrected chi connectivity index (χ0v) is 20.0. The number of β-amino-alcohol motifs (C(OH)–C–C–N with tert-alkyl or cyclic N) is 1. The van der Waals surface area contributed by atoms with E-state index in [0.29, 0.717) is 23.6 Å². The quantitative estimate of drug-likeness (QED) is 0.525. The van der Waals surface area contributed by atoms with Crippen LogP contribution in [0.5, 0.6) is 5.75 Å². The number of fused-ring (bicyclic) bond motifs is 1. The van der Waals surface area contributed by atoms with Gasteiger partial charge in [0.1, 0.15) is 18.0 Å². The lowest BCUT2D eigenvalue weighted by atomic mass is 10.2. The minimum atomic E-state index is -0.872. The number of imidazole rings is 1. The summed E-state index contributed by atoms with van der Waals surface area (Å²) in [5.41, 5.74) is -0.00213. The molecule has 186 valence electrons. The molecule has 2 aliphatic rings. The molecule has 2 fully saturated rings. The minimum Gasteiger partial charge on any atom is -0.492 e. The molecule has 0 bridgehead atoms. The largest absolute Gasteiger partial charge is 0.492 e. The van der Waals surface area contributed by atoms with Gasteiger partial charge < -0.3 is 19.3 Å². The number of nitrogens with zero attached hydrogens (tertiary/aromatic N) is 6. The summed E-state index contributed by atoms with van der Waals surface area (Å²) < 4.78 is 9.77. The second-order valence-corrected chi connectivity index (χ2v) is 9.30. The van der Waals surface area contributed by atoms with Crippen LogP contribution in [0.1, 0.15) is 29.2 Å². The third-order valence-corrected chi connectivity index (χ3v) is 7.05. The number of ether oxygens (including phenoxy) is 1. The molecular weight excluding hydrogens is 452 g/mol. The Kier molecular flexibility index (Phi) is 6.20. The molecule has 2 aliphatic heterocycles. The maximum atomic E-state index is 13.1. The van der Waals surface area contributed by atoms with E-state index in [1.165, 1.54) is 30.8 Å². The fraction of sp³-hybridized carbons (Fsp3) is 0.500. The van der Waals surface area contributed by atoms with Gasteiger partial charge in [0.15, 0.2) is 5.52 Å². The average molecular weight is 483 g/mol. The second-order valence-electron chi connectivity index (χ2n) is 9.30. The molecule has 0 spiro atoms. The lowest BCUT2D eigenvalue weighted by molar-refractivity contribution is 0.0764. The highest BCUT2D eigenvalue weighted by Gasteiger charge is 2.37. The van der Waals surface area contributed by atoms with E-state index in [0.717, 1.165) is 24.2 Å². The van der Waals surface area contributed by atoms with Gasteiger partial charge in [0.05, 0.1) is 18.5 Å². The maximum absolute atomic E-state index is 13.1. The summed E-state index contributed by atoms with van der Waals surface area (Å²) in [5, 5.41) is 10.8. The number of rotatable bonds is 6. The zero-order chi connectivity index (χ0) is 24.7. The van der Waals surface area contributed by atoms with Gasteiger partial charge in [-0.2, -0.15) is 0 Å². The van der Waals surface area contributed by atoms with Crippen molar-refractivity contribution in [3.63, 3.8) is 0 Å². The monoisotopic (exact) mass is 482 g/mol. The Hall–Kier alpha value is -3.44. The first-order chi connectivity index (χ1) is 16.8. The van der Waals surface area contributed by atoms with Crippen LogP contribution >= 0.6 is 0 Å². The van der Waals surface area contributed by atoms with E-state index in [2.05, 4.69) is 9.88 Å². The highest BCUT2D eigenvalue weighted by atomic mass is 16.5. The van der Waals surface area contributed by atoms with Crippen LogP contribution in [0.15, 0.2) is 40.2 Å². The van der Waals surface area contributed by atoms with E-state index in [9.17, 15) is 19.5 Å². The van der Waals surface area contributed by atoms with Gasteiger partial charge in [-0.1, -0.05) is 0 Å². The first-order valence-corrected chi connectivity index (χ1v) is 11.9. The predicted molar refractivity (Wildman–Crippen MR) is 129 cm³/mol. The molecule has 5 rings (SSSR count). The smallest absolute Gasteiger partial charge is 0.332 e. The van der Waals surface area contributed by atoms with Crippen LogP contribution in [-0.2, 0) is 14.1 Å². The van der Waals surface area contributed by atoms with Crippen LogP contribution in [0, 0.1) is 0 Å². The number of aliphatic hydroxyl groups is 1. The van der Waals surface area contributed by atoms with E-state index < -0.39 is 23.4 Å². The van der Waals surface area contributed by atoms with Gasteiger partial charge in [0, 0.05) is 39.3 Å². The molecule has 35 heavy (non-hydrogen) atoms. The van der Waals surface area contributed by atoms with Crippen LogP contribution in [0.2, 0.25) is 0 Å². The van der Waals surface area contributed by atoms with Gasteiger partial charge in [-0.05, 0) is 50.2 Å². The van der Waals surface area contributed by atoms with Crippen LogP contribution < -0.4 is 16.0 Å². The predicted octanol–water partition coefficient (Wildman–Crippen LogP) is -0.0337. The fourth-order valence-electron chi connectivity index (χ4n) is 5.03. The highest BCUT2D eigenvalue weighted by molar-refractivity contribution is 5.94. The number of aromatic nitrogens is 4. The molecule has 1 aromatic carbocycles. The molecule has 1 amide bonds. The zero-order valence-electron chi connectivity index (χ0n) is 20.0. The van der Waals surface area contributed by atoms with Crippen LogP contribution in [0.3, 0.4) is 0 Å². The summed E-state index contributed by atoms with van der Waals surface area (Å²) in [5.74, 6) is 0.511. The van der Waals surface area contributed by atoms with E-state index in [4.69, 9.17) is 4.74 Å². The molecule has 11 heteroatoms. The van der Waals surface area contributed by atoms with Gasteiger partial charge >= 0.3 is 5.69 Å². The van der Waals surface area contributed by atoms with Crippen molar-refractivity contribution < 1.29 is 14.6 Å². The third-order valence-electron chi connectivity index (χ3n) is 7.05. The van der Waals surface area contributed by atoms with Crippen molar-refractivity contribution in [3.05, 3.63) is 57.0 Å². The number of carbonyl (C=O) groups excluding carboxylic acids is 1. The first-order valence-electron chi connectivity index (χ1n) is 11.9. The SMILES string of the molecule is Cn1c(=O)c2ncn([C@@H]3CN(C(=O)c4ccc(OCCN5CCCC5)cc4)C[C@H]3O)c2n(C)c1=O. The lowest BCUT2D eigenvalue weighted by Crippen LogP contribution is -2.38. The Morgan fingerprint density at radius 3 is 2.51 bits per heavy atom. The van der Waals surface area contributed by atoms with Crippen LogP contribution in [0.4, 0.5) is 0 Å². The Bertz CT molecular complexity index is 1350. The van der Waals surface area contributed by atoms with Gasteiger partial charge in [0.25, 0.3) is 11.5 Å². The Morgan fingerprint density at radius 2 is 1.80 bits per heavy atom. The van der Waals surface area contributed by atoms with Crippen molar-refractivity contribution in [2.24, 2.45) is 14.1 Å². The molecule has 1 N–H and O–H groups in total. The summed E-state index contributed by atoms with van der Waals surface area (Å²) in [7, 11) is 2.96. The van der Waals surface area contributed by atoms with E-state index in [1.807, 2.05) is 0 Å². The molecule has 0 radical (unpaired) electrons. The molecule has 0 unspecified atom stereocenters. The minimum absolute atomic E-state index is 0.135. The normalized spacial score (nSPS) is 20.7. The van der Waals surface area contributed by atoms with Crippen molar-refractivity contribution in [2.75, 3.05) is 39.3 Å². The summed E-state index contributed by atoms with van der Waals surface area (Å²) >= 11 is 0. The Morgan fingerprint density at radius 1 is 1.09 bits per heavy atom. The van der Waals surface area contributed by atoms with Crippen molar-refractivity contribution in [1.82, 2.24) is 28.5 Å². The number of benzene rings is 1. The van der Waals surface area contributed by atoms with Gasteiger partial charge in [-0.25, -0.2) is 9.78 Å². The number of amides is 1. The van der Waals surface area contributed by atoms with Gasteiger partial charge in [0.2, 0.25) is 0 Å². The first kappa shape index (κ1) is 23.3. The van der Waals surface area contributed by atoms with E-state index in [1.54, 1.807) is 40.8 Å². The molecule has 2 saturated heterocycles. The summed E-state index contributed by atoms with van der Waals surface area (Å²) in [6.45, 7) is 4.12. The molecule has 2 atom stereocenters. The number of carbonyl (C=O) groups is 1.